The molecule has 2 heterocycles. The normalized spacial score (nSPS) is 23.9. The van der Waals surface area contributed by atoms with Crippen LogP contribution in [-0.4, -0.2) is 28.8 Å². The molecule has 3 rings (SSSR count). The van der Waals surface area contributed by atoms with Gasteiger partial charge < -0.3 is 15.0 Å². The first kappa shape index (κ1) is 12.6. The molecule has 0 amide bonds. The van der Waals surface area contributed by atoms with Gasteiger partial charge in [-0.05, 0) is 25.0 Å². The van der Waals surface area contributed by atoms with Gasteiger partial charge in [-0.2, -0.15) is 0 Å². The van der Waals surface area contributed by atoms with Crippen LogP contribution in [0.4, 0.5) is 0 Å². The van der Waals surface area contributed by atoms with Gasteiger partial charge in [-0.25, -0.2) is 4.98 Å². The summed E-state index contributed by atoms with van der Waals surface area (Å²) in [5.41, 5.74) is 8.53. The van der Waals surface area contributed by atoms with Gasteiger partial charge in [0.05, 0.1) is 23.7 Å². The lowest BCUT2D eigenvalue weighted by Crippen LogP contribution is -2.40. The molecule has 19 heavy (non-hydrogen) atoms. The van der Waals surface area contributed by atoms with Crippen LogP contribution in [0.5, 0.6) is 0 Å². The van der Waals surface area contributed by atoms with Crippen LogP contribution in [0.25, 0.3) is 11.0 Å². The summed E-state index contributed by atoms with van der Waals surface area (Å²) in [6, 6.07) is 8.66. The summed E-state index contributed by atoms with van der Waals surface area (Å²) in [7, 11) is 0. The number of aromatic nitrogens is 2. The van der Waals surface area contributed by atoms with E-state index >= 15 is 0 Å². The van der Waals surface area contributed by atoms with Crippen molar-refractivity contribution in [2.45, 2.75) is 38.3 Å². The van der Waals surface area contributed by atoms with Crippen LogP contribution in [0.3, 0.4) is 0 Å². The molecule has 1 saturated heterocycles. The maximum absolute atomic E-state index is 6.30. The monoisotopic (exact) mass is 259 g/mol. The van der Waals surface area contributed by atoms with Crippen LogP contribution in [0.1, 0.15) is 31.6 Å². The molecule has 1 aliphatic heterocycles. The van der Waals surface area contributed by atoms with E-state index in [2.05, 4.69) is 29.7 Å². The molecule has 1 aliphatic rings. The smallest absolute Gasteiger partial charge is 0.110 e. The Morgan fingerprint density at radius 1 is 1.42 bits per heavy atom. The molecular formula is C15H21N3O. The van der Waals surface area contributed by atoms with Crippen molar-refractivity contribution in [3.05, 3.63) is 30.1 Å². The van der Waals surface area contributed by atoms with Crippen LogP contribution in [0.15, 0.2) is 24.3 Å². The van der Waals surface area contributed by atoms with E-state index in [1.807, 2.05) is 6.07 Å². The minimum Gasteiger partial charge on any atom is -0.379 e. The van der Waals surface area contributed by atoms with Crippen LogP contribution in [0.2, 0.25) is 0 Å². The number of imidazole rings is 1. The zero-order valence-corrected chi connectivity index (χ0v) is 11.4. The maximum Gasteiger partial charge on any atom is 0.110 e. The van der Waals surface area contributed by atoms with E-state index in [1.165, 1.54) is 5.52 Å². The van der Waals surface area contributed by atoms with Gasteiger partial charge >= 0.3 is 0 Å². The van der Waals surface area contributed by atoms with Crippen molar-refractivity contribution in [3.8, 4) is 0 Å². The molecule has 0 bridgehead atoms. The second kappa shape index (κ2) is 5.31. The van der Waals surface area contributed by atoms with Gasteiger partial charge in [0, 0.05) is 19.1 Å². The van der Waals surface area contributed by atoms with Gasteiger partial charge in [0.1, 0.15) is 5.82 Å². The van der Waals surface area contributed by atoms with Crippen molar-refractivity contribution in [1.29, 1.82) is 0 Å². The third-order valence-corrected chi connectivity index (χ3v) is 3.85. The minimum atomic E-state index is 0.155. The van der Waals surface area contributed by atoms with Crippen molar-refractivity contribution in [1.82, 2.24) is 9.55 Å². The fourth-order valence-corrected chi connectivity index (χ4v) is 2.87. The molecule has 2 aromatic rings. The largest absolute Gasteiger partial charge is 0.379 e. The molecular weight excluding hydrogens is 238 g/mol. The quantitative estimate of drug-likeness (QED) is 0.920. The van der Waals surface area contributed by atoms with Gasteiger partial charge in [-0.1, -0.05) is 19.1 Å². The number of para-hydroxylation sites is 2. The van der Waals surface area contributed by atoms with Gasteiger partial charge in [0.2, 0.25) is 0 Å². The first-order valence-electron chi connectivity index (χ1n) is 7.10. The first-order valence-corrected chi connectivity index (χ1v) is 7.10. The van der Waals surface area contributed by atoms with Gasteiger partial charge in [0.15, 0.2) is 0 Å². The summed E-state index contributed by atoms with van der Waals surface area (Å²) in [5.74, 6) is 1.13. The Morgan fingerprint density at radius 3 is 3.05 bits per heavy atom. The van der Waals surface area contributed by atoms with Crippen molar-refractivity contribution in [2.24, 2.45) is 5.73 Å². The molecule has 0 saturated carbocycles. The lowest BCUT2D eigenvalue weighted by Gasteiger charge is -2.31. The van der Waals surface area contributed by atoms with Crippen LogP contribution in [0, 0.1) is 0 Å². The minimum absolute atomic E-state index is 0.155. The van der Waals surface area contributed by atoms with Crippen molar-refractivity contribution >= 4 is 11.0 Å². The van der Waals surface area contributed by atoms with E-state index in [-0.39, 0.29) is 12.1 Å². The highest BCUT2D eigenvalue weighted by molar-refractivity contribution is 5.76. The molecule has 1 fully saturated rings. The summed E-state index contributed by atoms with van der Waals surface area (Å²) >= 11 is 0. The van der Waals surface area contributed by atoms with Crippen molar-refractivity contribution in [3.63, 3.8) is 0 Å². The zero-order valence-electron chi connectivity index (χ0n) is 11.4. The fourth-order valence-electron chi connectivity index (χ4n) is 2.87. The molecule has 102 valence electrons. The summed E-state index contributed by atoms with van der Waals surface area (Å²) in [5, 5.41) is 0. The predicted molar refractivity (Wildman–Crippen MR) is 76.2 cm³/mol. The van der Waals surface area contributed by atoms with E-state index < -0.39 is 0 Å². The number of nitrogens with two attached hydrogens (primary N) is 1. The molecule has 2 unspecified atom stereocenters. The van der Waals surface area contributed by atoms with Gasteiger partial charge in [-0.15, -0.1) is 0 Å². The Kier molecular flexibility index (Phi) is 3.53. The lowest BCUT2D eigenvalue weighted by atomic mass is 10.0. The second-order valence-corrected chi connectivity index (χ2v) is 5.23. The molecule has 4 heteroatoms. The van der Waals surface area contributed by atoms with E-state index in [0.29, 0.717) is 6.61 Å². The molecule has 2 N–H and O–H groups in total. The number of nitrogens with zero attached hydrogens (tertiary/aromatic N) is 2. The maximum atomic E-state index is 6.30. The fraction of sp³-hybridized carbons (Fsp3) is 0.533. The third kappa shape index (κ3) is 2.26. The Bertz CT molecular complexity index is 564. The third-order valence-electron chi connectivity index (χ3n) is 3.85. The topological polar surface area (TPSA) is 53.1 Å². The molecule has 4 nitrogen and oxygen atoms in total. The number of aryl methyl sites for hydroxylation is 1. The van der Waals surface area contributed by atoms with E-state index in [9.17, 15) is 0 Å². The number of fused-ring (bicyclic) bond motifs is 1. The Balaban J connectivity index is 2.10. The Labute approximate surface area is 113 Å². The molecule has 1 aromatic heterocycles. The molecule has 1 aromatic carbocycles. The Hall–Kier alpha value is -1.39. The highest BCUT2D eigenvalue weighted by Crippen LogP contribution is 2.27. The molecule has 0 spiro atoms. The van der Waals surface area contributed by atoms with Crippen molar-refractivity contribution < 1.29 is 4.74 Å². The highest BCUT2D eigenvalue weighted by atomic mass is 16.5. The van der Waals surface area contributed by atoms with E-state index in [1.54, 1.807) is 0 Å². The summed E-state index contributed by atoms with van der Waals surface area (Å²) < 4.78 is 7.94. The summed E-state index contributed by atoms with van der Waals surface area (Å²) in [6.07, 6.45) is 2.99. The van der Waals surface area contributed by atoms with Crippen LogP contribution in [-0.2, 0) is 11.2 Å². The standard InChI is InChI=1S/C15H21N3O/c1-2-5-15-17-12-6-3-4-7-13(12)18(15)14-10-19-9-8-11(14)16/h3-4,6-7,11,14H,2,5,8-10,16H2,1H3. The molecule has 0 radical (unpaired) electrons. The molecule has 2 atom stereocenters. The van der Waals surface area contributed by atoms with E-state index in [0.717, 1.165) is 37.2 Å². The lowest BCUT2D eigenvalue weighted by molar-refractivity contribution is 0.0472. The number of hydrogen-bond acceptors (Lipinski definition) is 3. The average Bonchev–Trinajstić information content (AvgIpc) is 2.78. The van der Waals surface area contributed by atoms with E-state index in [4.69, 9.17) is 15.5 Å². The van der Waals surface area contributed by atoms with Crippen molar-refractivity contribution in [2.75, 3.05) is 13.2 Å². The predicted octanol–water partition coefficient (Wildman–Crippen LogP) is 2.28. The van der Waals surface area contributed by atoms with Crippen LogP contribution >= 0.6 is 0 Å². The summed E-state index contributed by atoms with van der Waals surface area (Å²) in [6.45, 7) is 3.65. The SMILES string of the molecule is CCCc1nc2ccccc2n1C1COCCC1N. The van der Waals surface area contributed by atoms with Gasteiger partial charge in [0.25, 0.3) is 0 Å². The number of benzene rings is 1. The number of rotatable bonds is 3. The summed E-state index contributed by atoms with van der Waals surface area (Å²) in [4.78, 5) is 4.76. The first-order chi connectivity index (χ1) is 9.31. The number of ether oxygens (including phenoxy) is 1. The highest BCUT2D eigenvalue weighted by Gasteiger charge is 2.27. The average molecular weight is 259 g/mol. The van der Waals surface area contributed by atoms with Gasteiger partial charge in [-0.3, -0.25) is 0 Å². The number of hydrogen-bond donors (Lipinski definition) is 1. The zero-order chi connectivity index (χ0) is 13.2. The Morgan fingerprint density at radius 2 is 2.26 bits per heavy atom. The second-order valence-electron chi connectivity index (χ2n) is 5.23. The van der Waals surface area contributed by atoms with Crippen LogP contribution < -0.4 is 5.73 Å². The molecule has 0 aliphatic carbocycles.